The number of amides is 3. The van der Waals surface area contributed by atoms with E-state index in [2.05, 4.69) is 36.7 Å². The molecule has 176 valence electrons. The SMILES string of the molecule is O=C(NNC(=O)c1c(NC(=O)c2cccnc2)sc2c1CCCC2)c1ccc(-n2cnnn2)cc1. The minimum absolute atomic E-state index is 0.347. The second kappa shape index (κ2) is 9.81. The van der Waals surface area contributed by atoms with Crippen molar-refractivity contribution in [3.8, 4) is 5.69 Å². The second-order valence-corrected chi connectivity index (χ2v) is 8.93. The number of hydrogen-bond donors (Lipinski definition) is 3. The Balaban J connectivity index is 1.31. The van der Waals surface area contributed by atoms with Gasteiger partial charge in [0.05, 0.1) is 16.8 Å². The van der Waals surface area contributed by atoms with Crippen molar-refractivity contribution in [2.24, 2.45) is 0 Å². The lowest BCUT2D eigenvalue weighted by Gasteiger charge is -2.14. The summed E-state index contributed by atoms with van der Waals surface area (Å²) in [6.45, 7) is 0. The number of nitrogens with one attached hydrogen (secondary N) is 3. The second-order valence-electron chi connectivity index (χ2n) is 7.82. The summed E-state index contributed by atoms with van der Waals surface area (Å²) in [6.07, 6.45) is 8.07. The lowest BCUT2D eigenvalue weighted by atomic mass is 9.95. The summed E-state index contributed by atoms with van der Waals surface area (Å²) in [6, 6.07) is 9.91. The molecule has 4 aromatic rings. The van der Waals surface area contributed by atoms with Crippen molar-refractivity contribution in [2.75, 3.05) is 5.32 Å². The van der Waals surface area contributed by atoms with E-state index in [1.54, 1.807) is 42.6 Å². The van der Waals surface area contributed by atoms with Crippen molar-refractivity contribution in [3.63, 3.8) is 0 Å². The van der Waals surface area contributed by atoms with Crippen molar-refractivity contribution < 1.29 is 14.4 Å². The average molecular weight is 489 g/mol. The summed E-state index contributed by atoms with van der Waals surface area (Å²) in [5, 5.41) is 14.3. The molecule has 0 saturated carbocycles. The van der Waals surface area contributed by atoms with Gasteiger partial charge in [-0.25, -0.2) is 4.68 Å². The van der Waals surface area contributed by atoms with Crippen molar-refractivity contribution in [2.45, 2.75) is 25.7 Å². The Morgan fingerprint density at radius 2 is 1.71 bits per heavy atom. The van der Waals surface area contributed by atoms with E-state index in [0.717, 1.165) is 36.1 Å². The van der Waals surface area contributed by atoms with Crippen LogP contribution in [0.1, 0.15) is 54.4 Å². The molecule has 12 heteroatoms. The number of carbonyl (C=O) groups is 3. The molecule has 3 aromatic heterocycles. The van der Waals surface area contributed by atoms with Crippen LogP contribution in [0.25, 0.3) is 5.69 Å². The zero-order chi connectivity index (χ0) is 24.2. The van der Waals surface area contributed by atoms with E-state index in [9.17, 15) is 14.4 Å². The number of pyridine rings is 1. The van der Waals surface area contributed by atoms with E-state index >= 15 is 0 Å². The van der Waals surface area contributed by atoms with Crippen LogP contribution in [0.2, 0.25) is 0 Å². The van der Waals surface area contributed by atoms with Gasteiger partial charge in [0, 0.05) is 22.8 Å². The van der Waals surface area contributed by atoms with Crippen molar-refractivity contribution in [1.29, 1.82) is 0 Å². The predicted molar refractivity (Wildman–Crippen MR) is 127 cm³/mol. The van der Waals surface area contributed by atoms with Crippen LogP contribution in [-0.4, -0.2) is 42.9 Å². The minimum Gasteiger partial charge on any atom is -0.313 e. The zero-order valence-corrected chi connectivity index (χ0v) is 19.2. The van der Waals surface area contributed by atoms with Gasteiger partial charge >= 0.3 is 0 Å². The first-order chi connectivity index (χ1) is 17.1. The largest absolute Gasteiger partial charge is 0.313 e. The molecule has 3 heterocycles. The fourth-order valence-corrected chi connectivity index (χ4v) is 5.14. The quantitative estimate of drug-likeness (QED) is 0.366. The Hall–Kier alpha value is -4.45. The van der Waals surface area contributed by atoms with Gasteiger partial charge in [0.25, 0.3) is 17.7 Å². The number of hydrazine groups is 1. The number of benzene rings is 1. The van der Waals surface area contributed by atoms with Crippen molar-refractivity contribution >= 4 is 34.1 Å². The van der Waals surface area contributed by atoms with Crippen LogP contribution < -0.4 is 16.2 Å². The first kappa shape index (κ1) is 22.3. The molecule has 11 nitrogen and oxygen atoms in total. The fourth-order valence-electron chi connectivity index (χ4n) is 3.86. The Labute approximate surface area is 203 Å². The number of fused-ring (bicyclic) bond motifs is 1. The molecular weight excluding hydrogens is 468 g/mol. The van der Waals surface area contributed by atoms with Crippen molar-refractivity contribution in [3.05, 3.63) is 82.3 Å². The summed E-state index contributed by atoms with van der Waals surface area (Å²) >= 11 is 1.40. The van der Waals surface area contributed by atoms with Gasteiger partial charge in [-0.3, -0.25) is 30.2 Å². The first-order valence-electron chi connectivity index (χ1n) is 10.9. The molecule has 0 spiro atoms. The summed E-state index contributed by atoms with van der Waals surface area (Å²) in [5.41, 5.74) is 7.68. The molecule has 1 aliphatic carbocycles. The lowest BCUT2D eigenvalue weighted by Crippen LogP contribution is -2.42. The molecule has 0 radical (unpaired) electrons. The highest BCUT2D eigenvalue weighted by Gasteiger charge is 2.27. The molecule has 3 amide bonds. The van der Waals surface area contributed by atoms with E-state index < -0.39 is 11.8 Å². The summed E-state index contributed by atoms with van der Waals surface area (Å²) in [7, 11) is 0. The highest BCUT2D eigenvalue weighted by Crippen LogP contribution is 2.38. The minimum atomic E-state index is -0.482. The van der Waals surface area contributed by atoms with Crippen LogP contribution in [0, 0.1) is 0 Å². The highest BCUT2D eigenvalue weighted by molar-refractivity contribution is 7.17. The summed E-state index contributed by atoms with van der Waals surface area (Å²) in [4.78, 5) is 43.5. The van der Waals surface area contributed by atoms with E-state index in [4.69, 9.17) is 0 Å². The van der Waals surface area contributed by atoms with Gasteiger partial charge in [-0.2, -0.15) is 0 Å². The van der Waals surface area contributed by atoms with Crippen LogP contribution in [-0.2, 0) is 12.8 Å². The average Bonchev–Trinajstić information content (AvgIpc) is 3.56. The third-order valence-electron chi connectivity index (χ3n) is 5.58. The standard InChI is InChI=1S/C23H20N8O3S/c32-20(15-4-3-11-24-12-15)26-23-19(17-5-1-2-6-18(17)35-23)22(34)28-27-21(33)14-7-9-16(10-8-14)31-13-25-29-30-31/h3-4,7-13H,1-2,5-6H2,(H,26,32)(H,27,33)(H,28,34). The van der Waals surface area contributed by atoms with Crippen LogP contribution >= 0.6 is 11.3 Å². The third kappa shape index (κ3) is 4.77. The molecule has 1 aliphatic rings. The highest BCUT2D eigenvalue weighted by atomic mass is 32.1. The Morgan fingerprint density at radius 1 is 0.914 bits per heavy atom. The molecule has 0 saturated heterocycles. The normalized spacial score (nSPS) is 12.5. The van der Waals surface area contributed by atoms with Crippen LogP contribution in [0.5, 0.6) is 0 Å². The molecular formula is C23H20N8O3S. The van der Waals surface area contributed by atoms with E-state index in [0.29, 0.717) is 27.4 Å². The maximum Gasteiger partial charge on any atom is 0.272 e. The molecule has 1 aromatic carbocycles. The molecule has 0 bridgehead atoms. The van der Waals surface area contributed by atoms with Crippen LogP contribution in [0.4, 0.5) is 5.00 Å². The van der Waals surface area contributed by atoms with Gasteiger partial charge in [-0.15, -0.1) is 16.4 Å². The van der Waals surface area contributed by atoms with Gasteiger partial charge < -0.3 is 5.32 Å². The lowest BCUT2D eigenvalue weighted by molar-refractivity contribution is 0.0846. The summed E-state index contributed by atoms with van der Waals surface area (Å²) < 4.78 is 1.46. The third-order valence-corrected chi connectivity index (χ3v) is 6.79. The number of carbonyl (C=O) groups excluding carboxylic acids is 3. The number of hydrogen-bond acceptors (Lipinski definition) is 8. The van der Waals surface area contributed by atoms with Gasteiger partial charge in [0.15, 0.2) is 0 Å². The van der Waals surface area contributed by atoms with Gasteiger partial charge in [-0.05, 0) is 78.1 Å². The topological polar surface area (TPSA) is 144 Å². The molecule has 0 unspecified atom stereocenters. The number of rotatable bonds is 5. The first-order valence-corrected chi connectivity index (χ1v) is 11.7. The Morgan fingerprint density at radius 3 is 2.46 bits per heavy atom. The number of aromatic nitrogens is 5. The van der Waals surface area contributed by atoms with Gasteiger partial charge in [0.2, 0.25) is 0 Å². The predicted octanol–water partition coefficient (Wildman–Crippen LogP) is 2.32. The van der Waals surface area contributed by atoms with Crippen LogP contribution in [0.15, 0.2) is 55.1 Å². The number of anilines is 1. The monoisotopic (exact) mass is 488 g/mol. The molecule has 0 fully saturated rings. The zero-order valence-electron chi connectivity index (χ0n) is 18.4. The number of nitrogens with zero attached hydrogens (tertiary/aromatic N) is 5. The number of thiophene rings is 1. The van der Waals surface area contributed by atoms with Crippen LogP contribution in [0.3, 0.4) is 0 Å². The Bertz CT molecular complexity index is 1370. The number of aryl methyl sites for hydroxylation is 1. The maximum atomic E-state index is 13.2. The van der Waals surface area contributed by atoms with Gasteiger partial charge in [-0.1, -0.05) is 0 Å². The molecule has 0 atom stereocenters. The van der Waals surface area contributed by atoms with E-state index in [1.165, 1.54) is 28.5 Å². The van der Waals surface area contributed by atoms with E-state index in [-0.39, 0.29) is 5.91 Å². The number of tetrazole rings is 1. The molecule has 3 N–H and O–H groups in total. The molecule has 35 heavy (non-hydrogen) atoms. The smallest absolute Gasteiger partial charge is 0.272 e. The van der Waals surface area contributed by atoms with Gasteiger partial charge in [0.1, 0.15) is 11.3 Å². The maximum absolute atomic E-state index is 13.2. The Kier molecular flexibility index (Phi) is 6.26. The molecule has 5 rings (SSSR count). The van der Waals surface area contributed by atoms with E-state index in [1.807, 2.05) is 0 Å². The fraction of sp³-hybridized carbons (Fsp3) is 0.174. The van der Waals surface area contributed by atoms with Crippen molar-refractivity contribution in [1.82, 2.24) is 36.0 Å². The molecule has 0 aliphatic heterocycles. The summed E-state index contributed by atoms with van der Waals surface area (Å²) in [5.74, 6) is -1.31.